The predicted molar refractivity (Wildman–Crippen MR) is 169 cm³/mol. The van der Waals surface area contributed by atoms with Crippen LogP contribution in [0.4, 0.5) is 5.69 Å². The Kier molecular flexibility index (Phi) is 9.01. The van der Waals surface area contributed by atoms with Gasteiger partial charge < -0.3 is 24.6 Å². The zero-order chi connectivity index (χ0) is 31.1. The molecule has 2 aliphatic carbocycles. The van der Waals surface area contributed by atoms with Crippen LogP contribution in [-0.2, 0) is 26.6 Å². The first-order valence-electron chi connectivity index (χ1n) is 15.5. The molecule has 2 aromatic rings. The number of carboxylic acid groups (broad SMARTS) is 1. The summed E-state index contributed by atoms with van der Waals surface area (Å²) in [4.78, 5) is 14.2. The monoisotopic (exact) mass is 644 g/mol. The molecule has 238 valence electrons. The number of fused-ring (bicyclic) bond motifs is 3. The molecule has 2 aromatic carbocycles. The molecule has 0 amide bonds. The van der Waals surface area contributed by atoms with Crippen molar-refractivity contribution in [2.24, 2.45) is 22.9 Å². The summed E-state index contributed by atoms with van der Waals surface area (Å²) in [5.74, 6) is -0.329. The van der Waals surface area contributed by atoms with Crippen molar-refractivity contribution in [2.45, 2.75) is 61.7 Å². The number of nitrogens with zero attached hydrogens (tertiary/aromatic N) is 1. The normalized spacial score (nSPS) is 29.3. The lowest BCUT2D eigenvalue weighted by atomic mass is 9.68. The number of rotatable bonds is 8. The third-order valence-electron chi connectivity index (χ3n) is 10.3. The van der Waals surface area contributed by atoms with Crippen LogP contribution in [0.5, 0.6) is 5.75 Å². The van der Waals surface area contributed by atoms with Crippen molar-refractivity contribution in [1.29, 1.82) is 0 Å². The quantitative estimate of drug-likeness (QED) is 0.356. The van der Waals surface area contributed by atoms with E-state index in [9.17, 15) is 23.4 Å². The summed E-state index contributed by atoms with van der Waals surface area (Å²) in [5, 5.41) is 26.5. The fraction of sp³-hybridized carbons (Fsp3) is 0.545. The third-order valence-corrected chi connectivity index (χ3v) is 12.0. The van der Waals surface area contributed by atoms with Crippen molar-refractivity contribution in [1.82, 2.24) is 0 Å². The Morgan fingerprint density at radius 2 is 2.02 bits per heavy atom. The maximum atomic E-state index is 12.1. The maximum Gasteiger partial charge on any atom is 0.335 e. The number of sulfonamides is 1. The summed E-state index contributed by atoms with van der Waals surface area (Å²) in [6.45, 7) is 2.53. The summed E-state index contributed by atoms with van der Waals surface area (Å²) < 4.78 is 36.1. The van der Waals surface area contributed by atoms with Gasteiger partial charge in [-0.25, -0.2) is 18.4 Å². The molecule has 1 saturated carbocycles. The second-order valence-corrected chi connectivity index (χ2v) is 15.2. The summed E-state index contributed by atoms with van der Waals surface area (Å²) in [7, 11) is -3.66. The Morgan fingerprint density at radius 1 is 1.18 bits per heavy atom. The number of aliphatic hydroxyl groups excluding tert-OH is 1. The van der Waals surface area contributed by atoms with Crippen molar-refractivity contribution in [3.05, 3.63) is 70.3 Å². The zero-order valence-corrected chi connectivity index (χ0v) is 26.3. The predicted octanol–water partition coefficient (Wildman–Crippen LogP) is 4.54. The van der Waals surface area contributed by atoms with Crippen molar-refractivity contribution in [3.63, 3.8) is 0 Å². The molecule has 6 atom stereocenters. The minimum Gasteiger partial charge on any atom is -0.490 e. The van der Waals surface area contributed by atoms with Gasteiger partial charge >= 0.3 is 5.97 Å². The number of aliphatic hydroxyl groups is 1. The Balaban J connectivity index is 1.22. The number of allylic oxidation sites excluding steroid dienone is 1. The van der Waals surface area contributed by atoms with Crippen LogP contribution in [0.15, 0.2) is 48.6 Å². The number of carbonyl (C=O) groups is 1. The molecule has 2 fully saturated rings. The molecule has 0 aromatic heterocycles. The molecule has 4 aliphatic rings. The van der Waals surface area contributed by atoms with Crippen LogP contribution in [0.3, 0.4) is 0 Å². The number of aromatic carboxylic acids is 1. The number of hydrogen-bond donors (Lipinski definition) is 3. The lowest BCUT2D eigenvalue weighted by molar-refractivity contribution is 0.0446. The van der Waals surface area contributed by atoms with Gasteiger partial charge in [0, 0.05) is 36.1 Å². The van der Waals surface area contributed by atoms with Crippen molar-refractivity contribution in [3.8, 4) is 5.75 Å². The van der Waals surface area contributed by atoms with E-state index in [-0.39, 0.29) is 28.7 Å². The lowest BCUT2D eigenvalue weighted by Crippen LogP contribution is -2.49. The third kappa shape index (κ3) is 6.37. The molecule has 4 N–H and O–H groups in total. The molecule has 1 spiro atoms. The first-order valence-corrected chi connectivity index (χ1v) is 17.5. The fourth-order valence-corrected chi connectivity index (χ4v) is 9.11. The molecular formula is C33H41ClN2O7S. The number of halogens is 1. The maximum absolute atomic E-state index is 12.1. The first kappa shape index (κ1) is 31.4. The molecule has 44 heavy (non-hydrogen) atoms. The van der Waals surface area contributed by atoms with Crippen LogP contribution in [-0.4, -0.2) is 68.9 Å². The Hall–Kier alpha value is -2.63. The summed E-state index contributed by atoms with van der Waals surface area (Å²) in [5.41, 5.74) is 3.17. The van der Waals surface area contributed by atoms with E-state index < -0.39 is 27.3 Å². The van der Waals surface area contributed by atoms with Crippen LogP contribution in [0, 0.1) is 17.8 Å². The molecule has 2 aliphatic heterocycles. The highest BCUT2D eigenvalue weighted by Gasteiger charge is 2.44. The average Bonchev–Trinajstić information content (AvgIpc) is 3.12. The average molecular weight is 645 g/mol. The van der Waals surface area contributed by atoms with Gasteiger partial charge in [0.2, 0.25) is 10.0 Å². The second kappa shape index (κ2) is 12.6. The Labute approximate surface area is 264 Å². The first-order chi connectivity index (χ1) is 21.0. The fourth-order valence-electron chi connectivity index (χ4n) is 7.77. The molecule has 0 bridgehead atoms. The summed E-state index contributed by atoms with van der Waals surface area (Å²) >= 11 is 6.37. The van der Waals surface area contributed by atoms with Gasteiger partial charge in [0.1, 0.15) is 5.75 Å². The highest BCUT2D eigenvalue weighted by Crippen LogP contribution is 2.46. The van der Waals surface area contributed by atoms with Crippen LogP contribution < -0.4 is 14.8 Å². The molecule has 2 heterocycles. The second-order valence-electron chi connectivity index (χ2n) is 13.0. The van der Waals surface area contributed by atoms with Gasteiger partial charge in [0.25, 0.3) is 0 Å². The van der Waals surface area contributed by atoms with E-state index in [4.69, 9.17) is 26.2 Å². The highest BCUT2D eigenvalue weighted by molar-refractivity contribution is 7.89. The number of nitrogens with two attached hydrogens (primary N) is 1. The number of benzene rings is 2. The van der Waals surface area contributed by atoms with Crippen LogP contribution >= 0.6 is 11.6 Å². The summed E-state index contributed by atoms with van der Waals surface area (Å²) in [6.07, 6.45) is 8.57. The number of primary sulfonamides is 1. The minimum atomic E-state index is -3.66. The molecular weight excluding hydrogens is 604 g/mol. The number of hydrogen-bond acceptors (Lipinski definition) is 7. The van der Waals surface area contributed by atoms with Gasteiger partial charge in [-0.2, -0.15) is 0 Å². The van der Waals surface area contributed by atoms with Crippen molar-refractivity contribution < 1.29 is 32.9 Å². The smallest absolute Gasteiger partial charge is 0.335 e. The van der Waals surface area contributed by atoms with Crippen LogP contribution in [0.2, 0.25) is 5.02 Å². The van der Waals surface area contributed by atoms with Crippen LogP contribution in [0.1, 0.15) is 60.0 Å². The number of ether oxygens (including phenoxy) is 2. The number of carboxylic acids is 1. The van der Waals surface area contributed by atoms with Gasteiger partial charge in [-0.1, -0.05) is 29.8 Å². The van der Waals surface area contributed by atoms with Crippen molar-refractivity contribution in [2.75, 3.05) is 37.8 Å². The number of aryl methyl sites for hydroxylation is 1. The largest absolute Gasteiger partial charge is 0.490 e. The van der Waals surface area contributed by atoms with Gasteiger partial charge in [-0.3, -0.25) is 0 Å². The summed E-state index contributed by atoms with van der Waals surface area (Å²) in [6, 6.07) is 11.2. The molecule has 9 nitrogen and oxygen atoms in total. The molecule has 0 radical (unpaired) electrons. The van der Waals surface area contributed by atoms with E-state index in [0.29, 0.717) is 51.5 Å². The van der Waals surface area contributed by atoms with E-state index in [0.717, 1.165) is 42.8 Å². The number of anilines is 1. The van der Waals surface area contributed by atoms with E-state index in [2.05, 4.69) is 17.0 Å². The molecule has 1 saturated heterocycles. The van der Waals surface area contributed by atoms with E-state index in [1.807, 2.05) is 12.1 Å². The Morgan fingerprint density at radius 3 is 2.77 bits per heavy atom. The van der Waals surface area contributed by atoms with Crippen molar-refractivity contribution >= 4 is 33.3 Å². The zero-order valence-electron chi connectivity index (χ0n) is 24.7. The van der Waals surface area contributed by atoms with Crippen LogP contribution in [0.25, 0.3) is 0 Å². The van der Waals surface area contributed by atoms with Gasteiger partial charge in [0.15, 0.2) is 0 Å². The highest BCUT2D eigenvalue weighted by atomic mass is 35.5. The van der Waals surface area contributed by atoms with E-state index in [1.54, 1.807) is 24.3 Å². The molecule has 11 heteroatoms. The van der Waals surface area contributed by atoms with Gasteiger partial charge in [-0.15, -0.1) is 0 Å². The van der Waals surface area contributed by atoms with E-state index >= 15 is 0 Å². The van der Waals surface area contributed by atoms with Gasteiger partial charge in [0.05, 0.1) is 35.8 Å². The molecule has 0 unspecified atom stereocenters. The van der Waals surface area contributed by atoms with Gasteiger partial charge in [-0.05, 0) is 98.2 Å². The topological polar surface area (TPSA) is 139 Å². The SMILES string of the molecule is NS(=O)(=O)[C@H]1CCOC[C@@H]1C/C=C/[C@H](O)[C@@H]1CC[C@H]1CN1C[C@@]2(CCCc3cc(Cl)ccc32)COc2ccc(C(=O)O)cc21. The molecule has 6 rings (SSSR count). The van der Waals surface area contributed by atoms with E-state index in [1.165, 1.54) is 11.1 Å². The minimum absolute atomic E-state index is 0.0339. The standard InChI is InChI=1S/C33H41ClN2O7S/c34-25-8-10-27-21(15-25)4-2-13-33(27)19-36(28-16-22(32(38)39)7-11-30(28)43-20-33)17-23-6-9-26(23)29(37)5-1-3-24-18-42-14-12-31(24)44(35,40)41/h1,5,7-8,10-11,15-16,23-24,26,29,31,37H,2-4,6,9,12-14,17-20H2,(H,38,39)(H2,35,40,41)/b5-1+/t23-,24-,26+,29-,31-,33-/m0/s1. The Bertz CT molecular complexity index is 1530. The lowest BCUT2D eigenvalue weighted by Gasteiger charge is -2.45.